The van der Waals surface area contributed by atoms with Crippen LogP contribution < -0.4 is 9.80 Å². The number of nitrogens with zero attached hydrogens (tertiary/aromatic N) is 2. The van der Waals surface area contributed by atoms with Crippen LogP contribution in [-0.2, 0) is 9.59 Å². The van der Waals surface area contributed by atoms with Crippen LogP contribution in [-0.4, -0.2) is 55.8 Å². The van der Waals surface area contributed by atoms with Gasteiger partial charge >= 0.3 is 5.91 Å². The van der Waals surface area contributed by atoms with Gasteiger partial charge in [0.15, 0.2) is 6.67 Å². The van der Waals surface area contributed by atoms with Crippen molar-refractivity contribution in [2.45, 2.75) is 0 Å². The maximum absolute atomic E-state index is 12.1. The largest absolute Gasteiger partial charge is 0.334 e. The standard InChI is InChI=1S/C14H14BrN3O3/c15-10-1-2-12-11(7-10)13(20)14(21)18(12)8-16-3-5-17(9-19)6-4-16/h1-2,7,9H,3-6,8H2/p+1. The van der Waals surface area contributed by atoms with Gasteiger partial charge in [-0.15, -0.1) is 0 Å². The summed E-state index contributed by atoms with van der Waals surface area (Å²) in [6.45, 7) is 3.39. The lowest BCUT2D eigenvalue weighted by Crippen LogP contribution is -3.16. The Morgan fingerprint density at radius 3 is 2.62 bits per heavy atom. The lowest BCUT2D eigenvalue weighted by Gasteiger charge is -2.32. The van der Waals surface area contributed by atoms with E-state index in [1.165, 1.54) is 4.90 Å². The molecule has 0 saturated carbocycles. The fourth-order valence-corrected chi connectivity index (χ4v) is 3.12. The highest BCUT2D eigenvalue weighted by Gasteiger charge is 2.38. The molecule has 0 spiro atoms. The molecule has 6 nitrogen and oxygen atoms in total. The fourth-order valence-electron chi connectivity index (χ4n) is 2.76. The van der Waals surface area contributed by atoms with Gasteiger partial charge in [-0.1, -0.05) is 15.9 Å². The summed E-state index contributed by atoms with van der Waals surface area (Å²) in [4.78, 5) is 39.4. The normalized spacial score (nSPS) is 19.1. The predicted octanol–water partition coefficient (Wildman–Crippen LogP) is -0.707. The molecule has 0 aromatic heterocycles. The van der Waals surface area contributed by atoms with Gasteiger partial charge in [-0.25, -0.2) is 0 Å². The number of hydrogen-bond donors (Lipinski definition) is 1. The van der Waals surface area contributed by atoms with Crippen molar-refractivity contribution < 1.29 is 19.3 Å². The summed E-state index contributed by atoms with van der Waals surface area (Å²) in [5.41, 5.74) is 1.14. The molecule has 2 amide bonds. The molecular formula is C14H15BrN3O3+. The van der Waals surface area contributed by atoms with E-state index in [2.05, 4.69) is 15.9 Å². The molecule has 1 aromatic carbocycles. The minimum absolute atomic E-state index is 0.447. The van der Waals surface area contributed by atoms with Gasteiger partial charge in [0.05, 0.1) is 37.4 Å². The Labute approximate surface area is 130 Å². The Balaban J connectivity index is 1.76. The quantitative estimate of drug-likeness (QED) is 0.577. The maximum Gasteiger partial charge on any atom is 0.303 e. The van der Waals surface area contributed by atoms with Crippen LogP contribution in [0.15, 0.2) is 22.7 Å². The Kier molecular flexibility index (Phi) is 3.77. The zero-order valence-corrected chi connectivity index (χ0v) is 12.9. The van der Waals surface area contributed by atoms with Crippen molar-refractivity contribution in [3.8, 4) is 0 Å². The number of nitrogens with one attached hydrogen (secondary N) is 1. The van der Waals surface area contributed by atoms with E-state index in [1.807, 2.05) is 6.07 Å². The molecule has 0 radical (unpaired) electrons. The zero-order valence-electron chi connectivity index (χ0n) is 11.3. The highest BCUT2D eigenvalue weighted by atomic mass is 79.9. The molecule has 21 heavy (non-hydrogen) atoms. The van der Waals surface area contributed by atoms with Crippen LogP contribution in [0.2, 0.25) is 0 Å². The number of ketones is 1. The smallest absolute Gasteiger partial charge is 0.303 e. The number of rotatable bonds is 3. The second-order valence-corrected chi connectivity index (χ2v) is 6.19. The van der Waals surface area contributed by atoms with Crippen LogP contribution >= 0.6 is 15.9 Å². The van der Waals surface area contributed by atoms with Crippen LogP contribution in [0, 0.1) is 0 Å². The first-order valence-corrected chi connectivity index (χ1v) is 7.58. The van der Waals surface area contributed by atoms with Gasteiger partial charge < -0.3 is 9.80 Å². The van der Waals surface area contributed by atoms with Crippen molar-refractivity contribution in [2.75, 3.05) is 37.7 Å². The average Bonchev–Trinajstić information content (AvgIpc) is 2.73. The summed E-state index contributed by atoms with van der Waals surface area (Å²) in [6.07, 6.45) is 0.855. The molecule has 1 saturated heterocycles. The number of halogens is 1. The van der Waals surface area contributed by atoms with E-state index in [9.17, 15) is 14.4 Å². The van der Waals surface area contributed by atoms with Crippen molar-refractivity contribution in [2.24, 2.45) is 0 Å². The highest BCUT2D eigenvalue weighted by Crippen LogP contribution is 2.30. The zero-order chi connectivity index (χ0) is 15.0. The van der Waals surface area contributed by atoms with E-state index in [-0.39, 0.29) is 0 Å². The molecule has 1 N–H and O–H groups in total. The van der Waals surface area contributed by atoms with Crippen LogP contribution in [0.1, 0.15) is 10.4 Å². The molecule has 110 valence electrons. The van der Waals surface area contributed by atoms with Gasteiger partial charge in [0.1, 0.15) is 0 Å². The highest BCUT2D eigenvalue weighted by molar-refractivity contribution is 9.10. The molecule has 2 aliphatic rings. The van der Waals surface area contributed by atoms with Gasteiger partial charge in [-0.05, 0) is 18.2 Å². The van der Waals surface area contributed by atoms with E-state index < -0.39 is 11.7 Å². The first-order valence-electron chi connectivity index (χ1n) is 6.79. The number of anilines is 1. The number of benzene rings is 1. The van der Waals surface area contributed by atoms with Crippen molar-refractivity contribution in [1.82, 2.24) is 4.90 Å². The lowest BCUT2D eigenvalue weighted by atomic mass is 10.1. The molecule has 3 rings (SSSR count). The number of Topliss-reactive ketones (excluding diaryl/α,β-unsaturated/α-hetero) is 1. The molecule has 1 aromatic rings. The number of piperazine rings is 1. The van der Waals surface area contributed by atoms with Crippen LogP contribution in [0.5, 0.6) is 0 Å². The Bertz CT molecular complexity index is 611. The number of quaternary nitrogens is 1. The van der Waals surface area contributed by atoms with Crippen LogP contribution in [0.25, 0.3) is 0 Å². The van der Waals surface area contributed by atoms with Crippen LogP contribution in [0.3, 0.4) is 0 Å². The third-order valence-electron chi connectivity index (χ3n) is 3.97. The average molecular weight is 353 g/mol. The molecule has 0 aliphatic carbocycles. The number of fused-ring (bicyclic) bond motifs is 1. The van der Waals surface area contributed by atoms with Crippen LogP contribution in [0.4, 0.5) is 5.69 Å². The van der Waals surface area contributed by atoms with Gasteiger partial charge in [-0.3, -0.25) is 19.3 Å². The molecule has 2 aliphatic heterocycles. The summed E-state index contributed by atoms with van der Waals surface area (Å²) >= 11 is 3.32. The summed E-state index contributed by atoms with van der Waals surface area (Å²) < 4.78 is 0.788. The van der Waals surface area contributed by atoms with E-state index in [1.54, 1.807) is 21.9 Å². The maximum atomic E-state index is 12.1. The first kappa shape index (κ1) is 14.2. The molecule has 0 atom stereocenters. The van der Waals surface area contributed by atoms with Gasteiger partial charge in [0, 0.05) is 4.47 Å². The van der Waals surface area contributed by atoms with E-state index >= 15 is 0 Å². The van der Waals surface area contributed by atoms with E-state index in [0.717, 1.165) is 24.0 Å². The monoisotopic (exact) mass is 352 g/mol. The van der Waals surface area contributed by atoms with Crippen molar-refractivity contribution in [1.29, 1.82) is 0 Å². The molecule has 1 fully saturated rings. The molecule has 2 heterocycles. The summed E-state index contributed by atoms with van der Waals surface area (Å²) in [5, 5.41) is 0. The topological polar surface area (TPSA) is 62.1 Å². The number of hydrogen-bond acceptors (Lipinski definition) is 3. The summed E-state index contributed by atoms with van der Waals surface area (Å²) in [7, 11) is 0. The third-order valence-corrected chi connectivity index (χ3v) is 4.46. The van der Waals surface area contributed by atoms with Gasteiger partial charge in [-0.2, -0.15) is 0 Å². The second kappa shape index (κ2) is 5.57. The Morgan fingerprint density at radius 1 is 1.24 bits per heavy atom. The Hall–Kier alpha value is -1.73. The number of carbonyl (C=O) groups excluding carboxylic acids is 3. The van der Waals surface area contributed by atoms with Gasteiger partial charge in [0.25, 0.3) is 5.78 Å². The van der Waals surface area contributed by atoms with Crippen molar-refractivity contribution in [3.63, 3.8) is 0 Å². The molecule has 7 heteroatoms. The molecular weight excluding hydrogens is 338 g/mol. The third kappa shape index (κ3) is 2.58. The Morgan fingerprint density at radius 2 is 1.95 bits per heavy atom. The fraction of sp³-hybridized carbons (Fsp3) is 0.357. The molecule has 0 bridgehead atoms. The van der Waals surface area contributed by atoms with Crippen molar-refractivity contribution in [3.05, 3.63) is 28.2 Å². The van der Waals surface area contributed by atoms with Crippen molar-refractivity contribution >= 4 is 39.7 Å². The van der Waals surface area contributed by atoms with E-state index in [0.29, 0.717) is 31.0 Å². The number of amides is 2. The summed E-state index contributed by atoms with van der Waals surface area (Å²) in [5.74, 6) is -0.911. The molecule has 0 unspecified atom stereocenters. The second-order valence-electron chi connectivity index (χ2n) is 5.27. The van der Waals surface area contributed by atoms with Gasteiger partial charge in [0.2, 0.25) is 6.41 Å². The van der Waals surface area contributed by atoms with E-state index in [4.69, 9.17) is 0 Å². The first-order chi connectivity index (χ1) is 10.1. The minimum Gasteiger partial charge on any atom is -0.334 e. The number of carbonyl (C=O) groups is 3. The SMILES string of the molecule is O=CN1CC[NH+](CN2C(=O)C(=O)c3cc(Br)ccc32)CC1. The predicted molar refractivity (Wildman–Crippen MR) is 79.2 cm³/mol. The summed E-state index contributed by atoms with van der Waals surface area (Å²) in [6, 6.07) is 5.32. The lowest BCUT2D eigenvalue weighted by molar-refractivity contribution is -0.902. The minimum atomic E-state index is -0.464.